The maximum absolute atomic E-state index is 14.4. The molecular formula is C21H25FN2O2. The van der Waals surface area contributed by atoms with Crippen LogP contribution in [0.2, 0.25) is 0 Å². The standard InChI is InChI=1S/C21H25FN2O2/c1-15(2)26-18-7-5-6-16(12-18)14-23-21(25)17-8-9-20(19(22)13-17)24-10-3-4-11-24/h5-9,12-13,15H,3-4,10-11,14H2,1-2H3,(H,23,25). The maximum Gasteiger partial charge on any atom is 0.251 e. The molecule has 0 aliphatic carbocycles. The number of halogens is 1. The summed E-state index contributed by atoms with van der Waals surface area (Å²) in [6.07, 6.45) is 2.26. The van der Waals surface area contributed by atoms with Crippen LogP contribution in [0.1, 0.15) is 42.6 Å². The van der Waals surface area contributed by atoms with E-state index >= 15 is 0 Å². The van der Waals surface area contributed by atoms with Crippen LogP contribution in [0.25, 0.3) is 0 Å². The highest BCUT2D eigenvalue weighted by molar-refractivity contribution is 5.94. The minimum absolute atomic E-state index is 0.0944. The third kappa shape index (κ3) is 4.54. The van der Waals surface area contributed by atoms with E-state index in [-0.39, 0.29) is 17.8 Å². The average Bonchev–Trinajstić information content (AvgIpc) is 3.13. The summed E-state index contributed by atoms with van der Waals surface area (Å²) in [6.45, 7) is 6.04. The molecule has 0 unspecified atom stereocenters. The third-order valence-electron chi connectivity index (χ3n) is 4.38. The topological polar surface area (TPSA) is 41.6 Å². The summed E-state index contributed by atoms with van der Waals surface area (Å²) in [6, 6.07) is 12.3. The van der Waals surface area contributed by atoms with Gasteiger partial charge in [0.05, 0.1) is 11.8 Å². The highest BCUT2D eigenvalue weighted by Gasteiger charge is 2.17. The van der Waals surface area contributed by atoms with Gasteiger partial charge in [0.25, 0.3) is 5.91 Å². The molecule has 1 fully saturated rings. The molecule has 0 spiro atoms. The van der Waals surface area contributed by atoms with E-state index < -0.39 is 0 Å². The molecule has 0 radical (unpaired) electrons. The second-order valence-corrected chi connectivity index (χ2v) is 6.86. The number of ether oxygens (including phenoxy) is 1. The van der Waals surface area contributed by atoms with Gasteiger partial charge in [0, 0.05) is 25.2 Å². The van der Waals surface area contributed by atoms with Crippen LogP contribution in [0.15, 0.2) is 42.5 Å². The molecule has 0 saturated carbocycles. The largest absolute Gasteiger partial charge is 0.491 e. The molecule has 5 heteroatoms. The summed E-state index contributed by atoms with van der Waals surface area (Å²) >= 11 is 0. The van der Waals surface area contributed by atoms with Crippen molar-refractivity contribution in [3.63, 3.8) is 0 Å². The molecule has 26 heavy (non-hydrogen) atoms. The molecule has 2 aromatic carbocycles. The lowest BCUT2D eigenvalue weighted by Gasteiger charge is -2.18. The molecule has 3 rings (SSSR count). The van der Waals surface area contributed by atoms with Crippen molar-refractivity contribution in [2.24, 2.45) is 0 Å². The van der Waals surface area contributed by atoms with Crippen LogP contribution in [-0.4, -0.2) is 25.1 Å². The minimum atomic E-state index is -0.341. The van der Waals surface area contributed by atoms with E-state index in [1.54, 1.807) is 12.1 Å². The predicted molar refractivity (Wildman–Crippen MR) is 101 cm³/mol. The Morgan fingerprint density at radius 1 is 1.19 bits per heavy atom. The minimum Gasteiger partial charge on any atom is -0.491 e. The van der Waals surface area contributed by atoms with E-state index in [0.29, 0.717) is 17.8 Å². The van der Waals surface area contributed by atoms with E-state index in [1.807, 2.05) is 43.0 Å². The number of hydrogen-bond donors (Lipinski definition) is 1. The molecular weight excluding hydrogens is 331 g/mol. The van der Waals surface area contributed by atoms with Crippen LogP contribution >= 0.6 is 0 Å². The molecule has 4 nitrogen and oxygen atoms in total. The van der Waals surface area contributed by atoms with Crippen molar-refractivity contribution in [3.05, 3.63) is 59.4 Å². The van der Waals surface area contributed by atoms with Gasteiger partial charge in [0.2, 0.25) is 0 Å². The lowest BCUT2D eigenvalue weighted by molar-refractivity contribution is 0.0950. The van der Waals surface area contributed by atoms with Crippen molar-refractivity contribution >= 4 is 11.6 Å². The Kier molecular flexibility index (Phi) is 5.76. The zero-order valence-electron chi connectivity index (χ0n) is 15.3. The highest BCUT2D eigenvalue weighted by Crippen LogP contribution is 2.24. The number of carbonyl (C=O) groups excluding carboxylic acids is 1. The van der Waals surface area contributed by atoms with Gasteiger partial charge in [0.1, 0.15) is 11.6 Å². The van der Waals surface area contributed by atoms with Gasteiger partial charge < -0.3 is 15.0 Å². The van der Waals surface area contributed by atoms with Crippen LogP contribution in [0.5, 0.6) is 5.75 Å². The summed E-state index contributed by atoms with van der Waals surface area (Å²) in [7, 11) is 0. The molecule has 1 N–H and O–H groups in total. The number of rotatable bonds is 6. The lowest BCUT2D eigenvalue weighted by atomic mass is 10.1. The van der Waals surface area contributed by atoms with Crippen LogP contribution in [-0.2, 0) is 6.54 Å². The number of nitrogens with zero attached hydrogens (tertiary/aromatic N) is 1. The Balaban J connectivity index is 1.62. The van der Waals surface area contributed by atoms with Crippen LogP contribution in [0.3, 0.4) is 0 Å². The van der Waals surface area contributed by atoms with E-state index in [9.17, 15) is 9.18 Å². The maximum atomic E-state index is 14.4. The van der Waals surface area contributed by atoms with Crippen LogP contribution in [0, 0.1) is 5.82 Å². The zero-order chi connectivity index (χ0) is 18.5. The molecule has 1 saturated heterocycles. The molecule has 0 aromatic heterocycles. The van der Waals surface area contributed by atoms with E-state index in [2.05, 4.69) is 5.32 Å². The monoisotopic (exact) mass is 356 g/mol. The van der Waals surface area contributed by atoms with E-state index in [1.165, 1.54) is 6.07 Å². The molecule has 0 bridgehead atoms. The fraction of sp³-hybridized carbons (Fsp3) is 0.381. The molecule has 138 valence electrons. The molecule has 1 heterocycles. The second kappa shape index (κ2) is 8.21. The van der Waals surface area contributed by atoms with Crippen molar-refractivity contribution in [1.29, 1.82) is 0 Å². The Hall–Kier alpha value is -2.56. The first kappa shape index (κ1) is 18.2. The first-order valence-corrected chi connectivity index (χ1v) is 9.11. The molecule has 1 aliphatic rings. The molecule has 0 atom stereocenters. The lowest BCUT2D eigenvalue weighted by Crippen LogP contribution is -2.24. The quantitative estimate of drug-likeness (QED) is 0.846. The van der Waals surface area contributed by atoms with Gasteiger partial charge in [-0.15, -0.1) is 0 Å². The van der Waals surface area contributed by atoms with Gasteiger partial charge >= 0.3 is 0 Å². The van der Waals surface area contributed by atoms with Gasteiger partial charge in [-0.25, -0.2) is 4.39 Å². The summed E-state index contributed by atoms with van der Waals surface area (Å²) in [5, 5.41) is 2.84. The van der Waals surface area contributed by atoms with Crippen LogP contribution < -0.4 is 15.0 Å². The summed E-state index contributed by atoms with van der Waals surface area (Å²) in [5.74, 6) is 0.145. The van der Waals surface area contributed by atoms with Gasteiger partial charge in [-0.2, -0.15) is 0 Å². The van der Waals surface area contributed by atoms with Gasteiger partial charge in [-0.3, -0.25) is 4.79 Å². The van der Waals surface area contributed by atoms with Crippen molar-refractivity contribution < 1.29 is 13.9 Å². The van der Waals surface area contributed by atoms with Crippen molar-refractivity contribution in [3.8, 4) is 5.75 Å². The Morgan fingerprint density at radius 2 is 1.96 bits per heavy atom. The number of hydrogen-bond acceptors (Lipinski definition) is 3. The van der Waals surface area contributed by atoms with E-state index in [0.717, 1.165) is 37.2 Å². The van der Waals surface area contributed by atoms with Gasteiger partial charge in [-0.1, -0.05) is 12.1 Å². The second-order valence-electron chi connectivity index (χ2n) is 6.86. The van der Waals surface area contributed by atoms with Gasteiger partial charge in [0.15, 0.2) is 0 Å². The SMILES string of the molecule is CC(C)Oc1cccc(CNC(=O)c2ccc(N3CCCC3)c(F)c2)c1. The predicted octanol–water partition coefficient (Wildman–Crippen LogP) is 4.14. The fourth-order valence-corrected chi connectivity index (χ4v) is 3.15. The number of carbonyl (C=O) groups is 1. The average molecular weight is 356 g/mol. The van der Waals surface area contributed by atoms with Gasteiger partial charge in [-0.05, 0) is 62.6 Å². The summed E-state index contributed by atoms with van der Waals surface area (Å²) in [4.78, 5) is 14.4. The van der Waals surface area contributed by atoms with E-state index in [4.69, 9.17) is 4.74 Å². The summed E-state index contributed by atoms with van der Waals surface area (Å²) < 4.78 is 20.0. The number of benzene rings is 2. The summed E-state index contributed by atoms with van der Waals surface area (Å²) in [5.41, 5.74) is 1.85. The Morgan fingerprint density at radius 3 is 2.65 bits per heavy atom. The molecule has 2 aromatic rings. The molecule has 1 aliphatic heterocycles. The fourth-order valence-electron chi connectivity index (χ4n) is 3.15. The van der Waals surface area contributed by atoms with Crippen molar-refractivity contribution in [1.82, 2.24) is 5.32 Å². The van der Waals surface area contributed by atoms with Crippen LogP contribution in [0.4, 0.5) is 10.1 Å². The zero-order valence-corrected chi connectivity index (χ0v) is 15.3. The number of amides is 1. The molecule has 1 amide bonds. The van der Waals surface area contributed by atoms with Crippen molar-refractivity contribution in [2.45, 2.75) is 39.3 Å². The first-order chi connectivity index (χ1) is 12.5. The van der Waals surface area contributed by atoms with Crippen molar-refractivity contribution in [2.75, 3.05) is 18.0 Å². The number of nitrogens with one attached hydrogen (secondary N) is 1. The normalized spacial score (nSPS) is 13.9. The Labute approximate surface area is 154 Å². The Bertz CT molecular complexity index is 770. The number of anilines is 1. The smallest absolute Gasteiger partial charge is 0.251 e. The highest BCUT2D eigenvalue weighted by atomic mass is 19.1. The first-order valence-electron chi connectivity index (χ1n) is 9.11. The third-order valence-corrected chi connectivity index (χ3v) is 4.38.